The highest BCUT2D eigenvalue weighted by atomic mass is 16.6. The molecule has 0 amide bonds. The maximum absolute atomic E-state index is 12.8. The Morgan fingerprint density at radius 3 is 0.899 bits per heavy atom. The second kappa shape index (κ2) is 56.4. The number of rotatable bonds is 49. The van der Waals surface area contributed by atoms with E-state index in [1.807, 2.05) is 0 Å². The Balaban J connectivity index is 4.35. The van der Waals surface area contributed by atoms with Gasteiger partial charge in [-0.25, -0.2) is 0 Å². The minimum atomic E-state index is -0.802. The molecule has 0 aliphatic heterocycles. The van der Waals surface area contributed by atoms with Crippen molar-refractivity contribution >= 4 is 17.9 Å². The van der Waals surface area contributed by atoms with Crippen molar-refractivity contribution in [3.05, 3.63) is 122 Å². The second-order valence-corrected chi connectivity index (χ2v) is 18.1. The zero-order valence-electron chi connectivity index (χ0n) is 44.5. The molecule has 6 nitrogen and oxygen atoms in total. The monoisotopic (exact) mass is 955 g/mol. The van der Waals surface area contributed by atoms with Crippen molar-refractivity contribution in [2.45, 2.75) is 245 Å². The fourth-order valence-corrected chi connectivity index (χ4v) is 7.32. The predicted octanol–water partition coefficient (Wildman–Crippen LogP) is 18.9. The molecule has 1 unspecified atom stereocenters. The van der Waals surface area contributed by atoms with Crippen molar-refractivity contribution in [2.75, 3.05) is 13.2 Å². The first-order chi connectivity index (χ1) is 34.0. The van der Waals surface area contributed by atoms with E-state index < -0.39 is 6.10 Å². The van der Waals surface area contributed by atoms with Crippen LogP contribution in [0.25, 0.3) is 0 Å². The van der Waals surface area contributed by atoms with E-state index in [-0.39, 0.29) is 37.5 Å². The van der Waals surface area contributed by atoms with E-state index in [0.29, 0.717) is 12.8 Å². The molecule has 0 saturated carbocycles. The lowest BCUT2D eigenvalue weighted by Gasteiger charge is -2.18. The van der Waals surface area contributed by atoms with Gasteiger partial charge in [-0.15, -0.1) is 0 Å². The first-order valence-electron chi connectivity index (χ1n) is 28.0. The molecule has 0 N–H and O–H groups in total. The fourth-order valence-electron chi connectivity index (χ4n) is 7.32. The summed E-state index contributed by atoms with van der Waals surface area (Å²) in [5.74, 6) is -0.952. The molecular formula is C63H102O6. The van der Waals surface area contributed by atoms with Crippen LogP contribution in [0.3, 0.4) is 0 Å². The number of ether oxygens (including phenoxy) is 3. The van der Waals surface area contributed by atoms with E-state index in [2.05, 4.69) is 142 Å². The zero-order valence-corrected chi connectivity index (χ0v) is 44.5. The number of unbranched alkanes of at least 4 members (excludes halogenated alkanes) is 18. The van der Waals surface area contributed by atoms with Gasteiger partial charge >= 0.3 is 17.9 Å². The molecule has 0 saturated heterocycles. The second-order valence-electron chi connectivity index (χ2n) is 18.1. The number of allylic oxidation sites excluding steroid dienone is 20. The van der Waals surface area contributed by atoms with Crippen molar-refractivity contribution in [2.24, 2.45) is 0 Å². The number of hydrogen-bond donors (Lipinski definition) is 0. The quantitative estimate of drug-likeness (QED) is 0.0262. The van der Waals surface area contributed by atoms with Crippen LogP contribution in [-0.4, -0.2) is 37.2 Å². The molecular weight excluding hydrogens is 853 g/mol. The van der Waals surface area contributed by atoms with Gasteiger partial charge < -0.3 is 14.2 Å². The maximum Gasteiger partial charge on any atom is 0.306 e. The molecule has 0 bridgehead atoms. The molecule has 6 heteroatoms. The third-order valence-electron chi connectivity index (χ3n) is 11.5. The smallest absolute Gasteiger partial charge is 0.306 e. The van der Waals surface area contributed by atoms with E-state index >= 15 is 0 Å². The van der Waals surface area contributed by atoms with Crippen molar-refractivity contribution in [1.82, 2.24) is 0 Å². The Bertz CT molecular complexity index is 1470. The van der Waals surface area contributed by atoms with Gasteiger partial charge in [-0.3, -0.25) is 14.4 Å². The minimum Gasteiger partial charge on any atom is -0.462 e. The van der Waals surface area contributed by atoms with Gasteiger partial charge in [-0.1, -0.05) is 232 Å². The van der Waals surface area contributed by atoms with E-state index in [1.165, 1.54) is 51.4 Å². The summed E-state index contributed by atoms with van der Waals surface area (Å²) in [7, 11) is 0. The van der Waals surface area contributed by atoms with Crippen LogP contribution in [0, 0.1) is 0 Å². The van der Waals surface area contributed by atoms with Crippen molar-refractivity contribution < 1.29 is 28.6 Å². The van der Waals surface area contributed by atoms with Crippen molar-refractivity contribution in [3.8, 4) is 0 Å². The van der Waals surface area contributed by atoms with Gasteiger partial charge in [-0.2, -0.15) is 0 Å². The van der Waals surface area contributed by atoms with Gasteiger partial charge in [0, 0.05) is 19.3 Å². The van der Waals surface area contributed by atoms with Crippen LogP contribution in [0.1, 0.15) is 239 Å². The van der Waals surface area contributed by atoms with Crippen LogP contribution < -0.4 is 0 Å². The standard InChI is InChI=1S/C63H102O6/c1-4-7-10-13-16-19-22-24-25-26-27-28-29-30-31-32-33-34-35-36-37-39-41-44-47-50-53-56-62(65)68-59-60(58-67-61(64)55-52-49-46-43-40-21-18-15-12-9-6-3)69-63(66)57-54-51-48-45-42-38-23-20-17-14-11-8-5-2/h7-8,10-11,16-17,19-20,24-25,27-28,30-31,33-34,36-38,42,60H,4-6,9,12-15,18,21-23,26,29,32,35,39-41,43-59H2,1-3H3/b10-7-,11-8-,19-16-,20-17-,25-24-,28-27-,31-30-,34-33-,37-36-,42-38-. The Morgan fingerprint density at radius 2 is 0.565 bits per heavy atom. The SMILES string of the molecule is CC/C=C\C/C=C\C/C=C\C/C=C\C/C=C\C/C=C\C/C=C\CCCCCCCC(=O)OCC(COC(=O)CCCCCCCCCCCCC)OC(=O)CCCCC/C=C\C/C=C\C/C=C\CC. The molecule has 69 heavy (non-hydrogen) atoms. The fraction of sp³-hybridized carbons (Fsp3) is 0.635. The Hall–Kier alpha value is -4.19. The Kier molecular flexibility index (Phi) is 53.0. The van der Waals surface area contributed by atoms with Crippen LogP contribution in [0.2, 0.25) is 0 Å². The lowest BCUT2D eigenvalue weighted by Crippen LogP contribution is -2.30. The van der Waals surface area contributed by atoms with E-state index in [9.17, 15) is 14.4 Å². The summed E-state index contributed by atoms with van der Waals surface area (Å²) in [4.78, 5) is 38.0. The summed E-state index contributed by atoms with van der Waals surface area (Å²) in [6.45, 7) is 6.35. The summed E-state index contributed by atoms with van der Waals surface area (Å²) in [5.41, 5.74) is 0. The molecule has 0 aliphatic rings. The lowest BCUT2D eigenvalue weighted by atomic mass is 10.1. The van der Waals surface area contributed by atoms with Gasteiger partial charge in [0.2, 0.25) is 0 Å². The van der Waals surface area contributed by atoms with Gasteiger partial charge in [-0.05, 0) is 109 Å². The van der Waals surface area contributed by atoms with Crippen LogP contribution >= 0.6 is 0 Å². The molecule has 390 valence electrons. The number of carbonyl (C=O) groups is 3. The number of esters is 3. The first-order valence-corrected chi connectivity index (χ1v) is 28.0. The first kappa shape index (κ1) is 64.8. The maximum atomic E-state index is 12.8. The highest BCUT2D eigenvalue weighted by Gasteiger charge is 2.19. The summed E-state index contributed by atoms with van der Waals surface area (Å²) < 4.78 is 16.8. The third kappa shape index (κ3) is 54.6. The van der Waals surface area contributed by atoms with Crippen LogP contribution in [0.15, 0.2) is 122 Å². The summed E-state index contributed by atoms with van der Waals surface area (Å²) in [6.07, 6.45) is 77.7. The van der Waals surface area contributed by atoms with E-state index in [0.717, 1.165) is 148 Å². The van der Waals surface area contributed by atoms with Gasteiger partial charge in [0.15, 0.2) is 6.10 Å². The van der Waals surface area contributed by atoms with Gasteiger partial charge in [0.05, 0.1) is 0 Å². The largest absolute Gasteiger partial charge is 0.462 e. The average Bonchev–Trinajstić information content (AvgIpc) is 3.35. The molecule has 0 aliphatic carbocycles. The van der Waals surface area contributed by atoms with Crippen molar-refractivity contribution in [1.29, 1.82) is 0 Å². The summed E-state index contributed by atoms with van der Waals surface area (Å²) in [5, 5.41) is 0. The molecule has 0 rings (SSSR count). The lowest BCUT2D eigenvalue weighted by molar-refractivity contribution is -0.167. The molecule has 0 heterocycles. The third-order valence-corrected chi connectivity index (χ3v) is 11.5. The van der Waals surface area contributed by atoms with Crippen LogP contribution in [-0.2, 0) is 28.6 Å². The van der Waals surface area contributed by atoms with Crippen LogP contribution in [0.5, 0.6) is 0 Å². The molecule has 0 fully saturated rings. The normalized spacial score (nSPS) is 13.0. The number of hydrogen-bond acceptors (Lipinski definition) is 6. The van der Waals surface area contributed by atoms with E-state index in [1.54, 1.807) is 0 Å². The molecule has 0 aromatic carbocycles. The van der Waals surface area contributed by atoms with Crippen molar-refractivity contribution in [3.63, 3.8) is 0 Å². The predicted molar refractivity (Wildman–Crippen MR) is 297 cm³/mol. The van der Waals surface area contributed by atoms with Gasteiger partial charge in [0.1, 0.15) is 13.2 Å². The van der Waals surface area contributed by atoms with Gasteiger partial charge in [0.25, 0.3) is 0 Å². The Morgan fingerprint density at radius 1 is 0.304 bits per heavy atom. The van der Waals surface area contributed by atoms with Crippen LogP contribution in [0.4, 0.5) is 0 Å². The number of carbonyl (C=O) groups excluding carboxylic acids is 3. The summed E-state index contributed by atoms with van der Waals surface area (Å²) >= 11 is 0. The molecule has 1 atom stereocenters. The molecule has 0 spiro atoms. The molecule has 0 aromatic rings. The summed E-state index contributed by atoms with van der Waals surface area (Å²) in [6, 6.07) is 0. The zero-order chi connectivity index (χ0) is 50.0. The topological polar surface area (TPSA) is 78.9 Å². The Labute approximate surface area is 424 Å². The highest BCUT2D eigenvalue weighted by Crippen LogP contribution is 2.14. The molecule has 0 radical (unpaired) electrons. The minimum absolute atomic E-state index is 0.0974. The molecule has 0 aromatic heterocycles. The highest BCUT2D eigenvalue weighted by molar-refractivity contribution is 5.71. The van der Waals surface area contributed by atoms with E-state index in [4.69, 9.17) is 14.2 Å². The average molecular weight is 956 g/mol.